The van der Waals surface area contributed by atoms with Crippen LogP contribution in [0.2, 0.25) is 0 Å². The Balaban J connectivity index is 1.86. The van der Waals surface area contributed by atoms with Crippen LogP contribution in [-0.4, -0.2) is 49.5 Å². The summed E-state index contributed by atoms with van der Waals surface area (Å²) in [4.78, 5) is 22.5. The van der Waals surface area contributed by atoms with Crippen LogP contribution in [0.5, 0.6) is 5.75 Å². The van der Waals surface area contributed by atoms with E-state index in [1.807, 2.05) is 11.8 Å². The summed E-state index contributed by atoms with van der Waals surface area (Å²) in [7, 11) is -3.75. The Labute approximate surface area is 152 Å². The molecule has 2 aliphatic rings. The molecular weight excluding hydrogens is 360 g/mol. The fourth-order valence-electron chi connectivity index (χ4n) is 3.25. The zero-order valence-corrected chi connectivity index (χ0v) is 15.9. The summed E-state index contributed by atoms with van der Waals surface area (Å²) >= 11 is 0. The summed E-state index contributed by atoms with van der Waals surface area (Å²) in [6, 6.07) is 0. The van der Waals surface area contributed by atoms with Gasteiger partial charge in [-0.2, -0.15) is 8.42 Å². The van der Waals surface area contributed by atoms with Gasteiger partial charge in [-0.15, -0.1) is 0 Å². The van der Waals surface area contributed by atoms with E-state index in [2.05, 4.69) is 20.0 Å². The molecule has 1 aromatic rings. The Morgan fingerprint density at radius 2 is 2.12 bits per heavy atom. The second kappa shape index (κ2) is 6.32. The Bertz CT molecular complexity index is 827. The molecule has 1 atom stereocenters. The van der Waals surface area contributed by atoms with Crippen LogP contribution in [0.15, 0.2) is 6.33 Å². The van der Waals surface area contributed by atoms with Crippen molar-refractivity contribution in [1.29, 1.82) is 0 Å². The van der Waals surface area contributed by atoms with E-state index >= 15 is 0 Å². The molecule has 3 heterocycles. The van der Waals surface area contributed by atoms with Crippen LogP contribution in [0.25, 0.3) is 0 Å². The van der Waals surface area contributed by atoms with E-state index in [-0.39, 0.29) is 17.9 Å². The topological polar surface area (TPSA) is 140 Å². The molecule has 4 N–H and O–H groups in total. The zero-order chi connectivity index (χ0) is 19.2. The van der Waals surface area contributed by atoms with Crippen molar-refractivity contribution in [3.8, 4) is 5.75 Å². The maximum atomic E-state index is 12.1. The van der Waals surface area contributed by atoms with Crippen LogP contribution in [0.1, 0.15) is 33.6 Å². The summed E-state index contributed by atoms with van der Waals surface area (Å²) in [5.41, 5.74) is -1.34. The lowest BCUT2D eigenvalue weighted by Gasteiger charge is -2.42. The SMILES string of the molecule is CC1(CNS(N)(=O)=O)CCCN(c2ncnc3c2OC(C)(C)C(=O)N3)C1. The van der Waals surface area contributed by atoms with E-state index < -0.39 is 15.8 Å². The van der Waals surface area contributed by atoms with Gasteiger partial charge in [0.25, 0.3) is 16.1 Å². The molecule has 11 heteroatoms. The van der Waals surface area contributed by atoms with E-state index in [0.29, 0.717) is 23.9 Å². The van der Waals surface area contributed by atoms with E-state index in [1.165, 1.54) is 6.33 Å². The first kappa shape index (κ1) is 18.8. The molecule has 26 heavy (non-hydrogen) atoms. The van der Waals surface area contributed by atoms with Crippen LogP contribution in [-0.2, 0) is 15.0 Å². The molecule has 144 valence electrons. The second-order valence-electron chi connectivity index (χ2n) is 7.64. The molecule has 10 nitrogen and oxygen atoms in total. The average Bonchev–Trinajstić information content (AvgIpc) is 2.53. The van der Waals surface area contributed by atoms with E-state index in [0.717, 1.165) is 19.4 Å². The van der Waals surface area contributed by atoms with Gasteiger partial charge in [-0.25, -0.2) is 19.8 Å². The van der Waals surface area contributed by atoms with Gasteiger partial charge in [0.15, 0.2) is 17.2 Å². The number of rotatable bonds is 4. The number of ether oxygens (including phenoxy) is 1. The quantitative estimate of drug-likeness (QED) is 0.663. The van der Waals surface area contributed by atoms with Crippen molar-refractivity contribution in [3.05, 3.63) is 6.33 Å². The van der Waals surface area contributed by atoms with Gasteiger partial charge in [-0.3, -0.25) is 4.79 Å². The third-order valence-electron chi connectivity index (χ3n) is 4.70. The van der Waals surface area contributed by atoms with Gasteiger partial charge in [-0.1, -0.05) is 6.92 Å². The molecule has 1 aromatic heterocycles. The zero-order valence-electron chi connectivity index (χ0n) is 15.1. The van der Waals surface area contributed by atoms with Crippen molar-refractivity contribution in [2.45, 2.75) is 39.2 Å². The molecule has 1 saturated heterocycles. The lowest BCUT2D eigenvalue weighted by atomic mass is 9.82. The van der Waals surface area contributed by atoms with Crippen molar-refractivity contribution >= 4 is 27.8 Å². The first-order valence-electron chi connectivity index (χ1n) is 8.37. The molecule has 0 radical (unpaired) electrons. The van der Waals surface area contributed by atoms with Crippen molar-refractivity contribution in [2.24, 2.45) is 10.6 Å². The molecule has 3 rings (SSSR count). The molecule has 2 aliphatic heterocycles. The molecule has 0 spiro atoms. The fraction of sp³-hybridized carbons (Fsp3) is 0.667. The number of nitrogens with two attached hydrogens (primary N) is 1. The average molecular weight is 384 g/mol. The predicted octanol–water partition coefficient (Wildman–Crippen LogP) is -0.0143. The predicted molar refractivity (Wildman–Crippen MR) is 96.0 cm³/mol. The minimum atomic E-state index is -3.75. The number of aromatic nitrogens is 2. The van der Waals surface area contributed by atoms with Crippen LogP contribution in [0, 0.1) is 5.41 Å². The largest absolute Gasteiger partial charge is 0.470 e. The van der Waals surface area contributed by atoms with Crippen molar-refractivity contribution < 1.29 is 17.9 Å². The normalized spacial score (nSPS) is 25.2. The highest BCUT2D eigenvalue weighted by molar-refractivity contribution is 7.87. The number of piperidine rings is 1. The van der Waals surface area contributed by atoms with Crippen molar-refractivity contribution in [3.63, 3.8) is 0 Å². The molecule has 0 aliphatic carbocycles. The van der Waals surface area contributed by atoms with Gasteiger partial charge < -0.3 is 15.0 Å². The summed E-state index contributed by atoms with van der Waals surface area (Å²) < 4.78 is 30.7. The Morgan fingerprint density at radius 1 is 1.38 bits per heavy atom. The van der Waals surface area contributed by atoms with Gasteiger partial charge in [0.2, 0.25) is 5.75 Å². The van der Waals surface area contributed by atoms with Gasteiger partial charge in [0.1, 0.15) is 6.33 Å². The lowest BCUT2D eigenvalue weighted by Crippen LogP contribution is -2.50. The fourth-order valence-corrected chi connectivity index (χ4v) is 3.80. The summed E-state index contributed by atoms with van der Waals surface area (Å²) in [6.07, 6.45) is 3.09. The molecule has 1 amide bonds. The third kappa shape index (κ3) is 3.89. The van der Waals surface area contributed by atoms with Gasteiger partial charge >= 0.3 is 0 Å². The molecule has 1 unspecified atom stereocenters. The minimum Gasteiger partial charge on any atom is -0.470 e. The number of amides is 1. The highest BCUT2D eigenvalue weighted by atomic mass is 32.2. The second-order valence-corrected chi connectivity index (χ2v) is 9.02. The van der Waals surface area contributed by atoms with Crippen molar-refractivity contribution in [1.82, 2.24) is 14.7 Å². The highest BCUT2D eigenvalue weighted by Gasteiger charge is 2.40. The maximum absolute atomic E-state index is 12.1. The van der Waals surface area contributed by atoms with Crippen LogP contribution in [0.3, 0.4) is 0 Å². The first-order chi connectivity index (χ1) is 12.0. The molecular formula is C15H24N6O4S. The highest BCUT2D eigenvalue weighted by Crippen LogP contribution is 2.41. The number of nitrogens with zero attached hydrogens (tertiary/aromatic N) is 3. The smallest absolute Gasteiger partial charge is 0.274 e. The lowest BCUT2D eigenvalue weighted by molar-refractivity contribution is -0.129. The Morgan fingerprint density at radius 3 is 2.81 bits per heavy atom. The minimum absolute atomic E-state index is 0.235. The monoisotopic (exact) mass is 384 g/mol. The van der Waals surface area contributed by atoms with Gasteiger partial charge in [-0.05, 0) is 32.1 Å². The van der Waals surface area contributed by atoms with Crippen LogP contribution < -0.4 is 24.8 Å². The number of carbonyl (C=O) groups excluding carboxylic acids is 1. The standard InChI is InChI=1S/C15H24N6O4S/c1-14(2)13(22)20-11-10(25-14)12(18-9-17-11)21-6-4-5-15(3,8-21)7-19-26(16,23)24/h9,19H,4-8H2,1-3H3,(H2,16,23,24)(H,17,18,20,22). The maximum Gasteiger partial charge on any atom is 0.274 e. The summed E-state index contributed by atoms with van der Waals surface area (Å²) in [6.45, 7) is 6.90. The number of hydrogen-bond donors (Lipinski definition) is 3. The van der Waals surface area contributed by atoms with E-state index in [1.54, 1.807) is 13.8 Å². The summed E-state index contributed by atoms with van der Waals surface area (Å²) in [5, 5.41) is 7.80. The van der Waals surface area contributed by atoms with Crippen LogP contribution in [0.4, 0.5) is 11.6 Å². The van der Waals surface area contributed by atoms with E-state index in [4.69, 9.17) is 9.88 Å². The summed E-state index contributed by atoms with van der Waals surface area (Å²) in [5.74, 6) is 1.09. The Hall–Kier alpha value is -1.98. The number of nitrogens with one attached hydrogen (secondary N) is 2. The van der Waals surface area contributed by atoms with Gasteiger partial charge in [0.05, 0.1) is 0 Å². The van der Waals surface area contributed by atoms with E-state index in [9.17, 15) is 13.2 Å². The van der Waals surface area contributed by atoms with Gasteiger partial charge in [0, 0.05) is 19.6 Å². The number of carbonyl (C=O) groups is 1. The Kier molecular flexibility index (Phi) is 4.57. The molecule has 0 saturated carbocycles. The van der Waals surface area contributed by atoms with Crippen molar-refractivity contribution in [2.75, 3.05) is 29.9 Å². The third-order valence-corrected chi connectivity index (χ3v) is 5.25. The first-order valence-corrected chi connectivity index (χ1v) is 9.92. The molecule has 0 aromatic carbocycles. The number of hydrogen-bond acceptors (Lipinski definition) is 7. The molecule has 0 bridgehead atoms. The molecule has 1 fully saturated rings. The number of anilines is 2. The van der Waals surface area contributed by atoms with Crippen LogP contribution >= 0.6 is 0 Å². The number of fused-ring (bicyclic) bond motifs is 1.